The van der Waals surface area contributed by atoms with Gasteiger partial charge in [0.1, 0.15) is 17.3 Å². The highest BCUT2D eigenvalue weighted by Crippen LogP contribution is 2.55. The van der Waals surface area contributed by atoms with E-state index in [2.05, 4.69) is 14.6 Å². The van der Waals surface area contributed by atoms with Gasteiger partial charge < -0.3 is 14.5 Å². The molecule has 8 nitrogen and oxygen atoms in total. The minimum atomic E-state index is -4.09. The third-order valence-electron chi connectivity index (χ3n) is 7.79. The highest BCUT2D eigenvalue weighted by atomic mass is 32.2. The number of carbonyl (C=O) groups is 1. The Hall–Kier alpha value is -4.02. The first-order chi connectivity index (χ1) is 19.6. The van der Waals surface area contributed by atoms with Crippen molar-refractivity contribution in [2.45, 2.75) is 23.2 Å². The maximum absolute atomic E-state index is 13.9. The van der Waals surface area contributed by atoms with Crippen molar-refractivity contribution >= 4 is 38.1 Å². The Morgan fingerprint density at radius 2 is 1.85 bits per heavy atom. The summed E-state index contributed by atoms with van der Waals surface area (Å²) in [5, 5.41) is 0.918. The number of rotatable bonds is 9. The Labute approximate surface area is 238 Å². The second-order valence-corrected chi connectivity index (χ2v) is 12.7. The van der Waals surface area contributed by atoms with Gasteiger partial charge in [0.25, 0.3) is 10.0 Å². The number of sulfonamides is 1. The van der Waals surface area contributed by atoms with Crippen molar-refractivity contribution < 1.29 is 22.3 Å². The Kier molecular flexibility index (Phi) is 6.70. The third kappa shape index (κ3) is 5.02. The number of hydrogen-bond donors (Lipinski definition) is 1. The highest BCUT2D eigenvalue weighted by Gasteiger charge is 2.60. The molecule has 6 rings (SSSR count). The first-order valence-corrected chi connectivity index (χ1v) is 14.9. The molecule has 41 heavy (non-hydrogen) atoms. The fourth-order valence-electron chi connectivity index (χ4n) is 5.64. The summed E-state index contributed by atoms with van der Waals surface area (Å²) in [5.41, 5.74) is 4.16. The molecule has 0 amide bonds. The molecule has 1 aliphatic carbocycles. The van der Waals surface area contributed by atoms with Gasteiger partial charge in [0.15, 0.2) is 0 Å². The van der Waals surface area contributed by atoms with Crippen molar-refractivity contribution in [1.29, 1.82) is 0 Å². The molecule has 0 radical (unpaired) electrons. The van der Waals surface area contributed by atoms with E-state index in [-0.39, 0.29) is 16.4 Å². The number of aromatic nitrogens is 1. The molecule has 0 bridgehead atoms. The Morgan fingerprint density at radius 3 is 2.59 bits per heavy atom. The minimum Gasteiger partial charge on any atom is -0.491 e. The van der Waals surface area contributed by atoms with Gasteiger partial charge >= 0.3 is 0 Å². The summed E-state index contributed by atoms with van der Waals surface area (Å²) in [6.45, 7) is 1.86. The number of ketones is 1. The smallest absolute Gasteiger partial charge is 0.262 e. The van der Waals surface area contributed by atoms with E-state index in [1.807, 2.05) is 56.5 Å². The molecule has 1 unspecified atom stereocenters. The lowest BCUT2D eigenvalue weighted by Crippen LogP contribution is -2.20. The van der Waals surface area contributed by atoms with Crippen LogP contribution < -0.4 is 14.4 Å². The number of pyridine rings is 1. The molecule has 1 atom stereocenters. The number of benzene rings is 3. The molecule has 1 aromatic heterocycles. The van der Waals surface area contributed by atoms with Gasteiger partial charge in [-0.1, -0.05) is 18.2 Å². The summed E-state index contributed by atoms with van der Waals surface area (Å²) in [6, 6.07) is 16.1. The summed E-state index contributed by atoms with van der Waals surface area (Å²) in [7, 11) is 1.83. The molecule has 2 heterocycles. The molecule has 1 aliphatic heterocycles. The lowest BCUT2D eigenvalue weighted by Gasteiger charge is -2.17. The van der Waals surface area contributed by atoms with E-state index in [1.54, 1.807) is 12.1 Å². The first kappa shape index (κ1) is 27.2. The maximum Gasteiger partial charge on any atom is 0.262 e. The summed E-state index contributed by atoms with van der Waals surface area (Å²) in [6.07, 6.45) is 3.11. The van der Waals surface area contributed by atoms with Crippen LogP contribution in [0.25, 0.3) is 22.0 Å². The van der Waals surface area contributed by atoms with Crippen LogP contribution in [0.5, 0.6) is 5.75 Å². The Bertz CT molecular complexity index is 1790. The lowest BCUT2D eigenvalue weighted by atomic mass is 9.92. The number of fused-ring (bicyclic) bond motifs is 4. The Balaban J connectivity index is 1.40. The van der Waals surface area contributed by atoms with Gasteiger partial charge in [-0.15, -0.1) is 0 Å². The van der Waals surface area contributed by atoms with Crippen LogP contribution in [0, 0.1) is 5.82 Å². The molecule has 3 aromatic carbocycles. The van der Waals surface area contributed by atoms with Crippen molar-refractivity contribution in [3.05, 3.63) is 78.2 Å². The molecule has 1 N–H and O–H groups in total. The highest BCUT2D eigenvalue weighted by molar-refractivity contribution is 7.92. The predicted molar refractivity (Wildman–Crippen MR) is 158 cm³/mol. The zero-order valence-corrected chi connectivity index (χ0v) is 24.0. The first-order valence-electron chi connectivity index (χ1n) is 13.5. The molecule has 1 fully saturated rings. The average Bonchev–Trinajstić information content (AvgIpc) is 3.48. The summed E-state index contributed by atoms with van der Waals surface area (Å²) in [5.74, 6) is -0.0255. The second kappa shape index (κ2) is 10.1. The Morgan fingerprint density at radius 1 is 1.10 bits per heavy atom. The van der Waals surface area contributed by atoms with E-state index in [4.69, 9.17) is 4.74 Å². The van der Waals surface area contributed by atoms with Crippen LogP contribution in [0.3, 0.4) is 0 Å². The van der Waals surface area contributed by atoms with Gasteiger partial charge in [-0.3, -0.25) is 14.5 Å². The van der Waals surface area contributed by atoms with E-state index in [0.29, 0.717) is 25.3 Å². The molecule has 0 saturated heterocycles. The number of halogens is 1. The standard InChI is InChI=1S/C31H31FN4O4S/c1-35(2)12-5-13-40-28-11-9-21(15-26(28)34-41(38,39)23-7-4-6-22(32)16-23)20-8-10-25-24(14-20)30-27(18-33-25)36(3)19-31(30)17-29(31)37/h4,6-11,14-16,18,34H,5,12-13,17,19H2,1-3H3. The van der Waals surface area contributed by atoms with Crippen LogP contribution in [0.2, 0.25) is 0 Å². The van der Waals surface area contributed by atoms with E-state index in [1.165, 1.54) is 18.2 Å². The van der Waals surface area contributed by atoms with Gasteiger partial charge in [-0.05, 0) is 74.1 Å². The summed E-state index contributed by atoms with van der Waals surface area (Å²) < 4.78 is 48.9. The van der Waals surface area contributed by atoms with Crippen LogP contribution in [0.1, 0.15) is 18.4 Å². The van der Waals surface area contributed by atoms with Crippen molar-refractivity contribution in [2.24, 2.45) is 0 Å². The quantitative estimate of drug-likeness (QED) is 0.286. The average molecular weight is 575 g/mol. The van der Waals surface area contributed by atoms with E-state index in [0.717, 1.165) is 52.3 Å². The SMILES string of the molecule is CN(C)CCCOc1ccc(-c2ccc3ncc4c(c3c2)C2(CC2=O)CN4C)cc1NS(=O)(=O)c1cccc(F)c1. The van der Waals surface area contributed by atoms with Gasteiger partial charge in [0.2, 0.25) is 0 Å². The molecule has 212 valence electrons. The van der Waals surface area contributed by atoms with Crippen LogP contribution in [-0.4, -0.2) is 64.9 Å². The monoisotopic (exact) mass is 574 g/mol. The molecule has 1 saturated carbocycles. The molecule has 4 aromatic rings. The number of hydrogen-bond acceptors (Lipinski definition) is 7. The van der Waals surface area contributed by atoms with Crippen LogP contribution >= 0.6 is 0 Å². The number of Topliss-reactive ketones (excluding diaryl/α,β-unsaturated/α-hetero) is 1. The van der Waals surface area contributed by atoms with Crippen LogP contribution in [-0.2, 0) is 20.2 Å². The van der Waals surface area contributed by atoms with Crippen molar-refractivity contribution in [3.8, 4) is 16.9 Å². The summed E-state index contributed by atoms with van der Waals surface area (Å²) >= 11 is 0. The number of carbonyl (C=O) groups excluding carboxylic acids is 1. The molecular weight excluding hydrogens is 543 g/mol. The zero-order valence-electron chi connectivity index (χ0n) is 23.1. The van der Waals surface area contributed by atoms with Gasteiger partial charge in [0.05, 0.1) is 40.0 Å². The second-order valence-electron chi connectivity index (χ2n) is 11.1. The molecule has 2 aliphatic rings. The minimum absolute atomic E-state index is 0.183. The number of nitrogens with zero attached hydrogens (tertiary/aromatic N) is 3. The predicted octanol–water partition coefficient (Wildman–Crippen LogP) is 4.83. The van der Waals surface area contributed by atoms with E-state index >= 15 is 0 Å². The van der Waals surface area contributed by atoms with Crippen LogP contribution in [0.15, 0.2) is 71.8 Å². The van der Waals surface area contributed by atoms with E-state index in [9.17, 15) is 17.6 Å². The van der Waals surface area contributed by atoms with Crippen molar-refractivity contribution in [1.82, 2.24) is 9.88 Å². The van der Waals surface area contributed by atoms with Crippen molar-refractivity contribution in [2.75, 3.05) is 50.5 Å². The van der Waals surface area contributed by atoms with E-state index < -0.39 is 21.3 Å². The zero-order chi connectivity index (χ0) is 28.9. The largest absolute Gasteiger partial charge is 0.491 e. The fourth-order valence-corrected chi connectivity index (χ4v) is 6.73. The number of anilines is 2. The fraction of sp³-hybridized carbons (Fsp3) is 0.290. The van der Waals surface area contributed by atoms with Crippen LogP contribution in [0.4, 0.5) is 15.8 Å². The topological polar surface area (TPSA) is 91.8 Å². The molecule has 1 spiro atoms. The third-order valence-corrected chi connectivity index (χ3v) is 9.15. The number of ether oxygens (including phenoxy) is 1. The maximum atomic E-state index is 13.9. The molecular formula is C31H31FN4O4S. The van der Waals surface area contributed by atoms with Crippen molar-refractivity contribution in [3.63, 3.8) is 0 Å². The lowest BCUT2D eigenvalue weighted by molar-refractivity contribution is -0.111. The normalized spacial score (nSPS) is 17.9. The molecule has 10 heteroatoms. The summed E-state index contributed by atoms with van der Waals surface area (Å²) in [4.78, 5) is 21.1. The van der Waals surface area contributed by atoms with Gasteiger partial charge in [-0.2, -0.15) is 0 Å². The van der Waals surface area contributed by atoms with Gasteiger partial charge in [-0.25, -0.2) is 12.8 Å². The van der Waals surface area contributed by atoms with Gasteiger partial charge in [0, 0.05) is 37.5 Å². The number of nitrogens with one attached hydrogen (secondary N) is 1. The number of likely N-dealkylation sites (N-methyl/N-ethyl adjacent to an activating group) is 1.